The molecule has 3 aromatic heterocycles. The summed E-state index contributed by atoms with van der Waals surface area (Å²) in [5.41, 5.74) is 1.20. The molecule has 1 saturated heterocycles. The molecule has 1 aliphatic rings. The van der Waals surface area contributed by atoms with Gasteiger partial charge >= 0.3 is 0 Å². The molecule has 6 nitrogen and oxygen atoms in total. The first-order chi connectivity index (χ1) is 13.2. The Hall–Kier alpha value is -2.58. The Morgan fingerprint density at radius 3 is 2.93 bits per heavy atom. The fourth-order valence-corrected chi connectivity index (χ4v) is 4.75. The lowest BCUT2D eigenvalue weighted by atomic mass is 10.2. The van der Waals surface area contributed by atoms with Gasteiger partial charge in [-0.2, -0.15) is 0 Å². The summed E-state index contributed by atoms with van der Waals surface area (Å²) in [6, 6.07) is 8.80. The third kappa shape index (κ3) is 3.91. The summed E-state index contributed by atoms with van der Waals surface area (Å²) < 4.78 is 0. The van der Waals surface area contributed by atoms with Crippen molar-refractivity contribution in [2.45, 2.75) is 25.4 Å². The van der Waals surface area contributed by atoms with Crippen LogP contribution in [0.1, 0.15) is 29.0 Å². The Morgan fingerprint density at radius 1 is 1.22 bits per heavy atom. The highest BCUT2D eigenvalue weighted by Gasteiger charge is 2.34. The first kappa shape index (κ1) is 17.8. The van der Waals surface area contributed by atoms with Crippen LogP contribution < -0.4 is 5.32 Å². The number of rotatable bonds is 5. The van der Waals surface area contributed by atoms with Gasteiger partial charge in [0.25, 0.3) is 5.91 Å². The Bertz CT molecular complexity index is 924. The molecule has 3 aromatic rings. The van der Waals surface area contributed by atoms with E-state index in [4.69, 9.17) is 0 Å². The Labute approximate surface area is 164 Å². The molecule has 0 aliphatic carbocycles. The highest BCUT2D eigenvalue weighted by Crippen LogP contribution is 2.27. The number of amides is 2. The van der Waals surface area contributed by atoms with E-state index in [0.717, 1.165) is 22.0 Å². The molecule has 0 bridgehead atoms. The molecule has 4 rings (SSSR count). The molecule has 138 valence electrons. The van der Waals surface area contributed by atoms with E-state index in [2.05, 4.69) is 15.3 Å². The first-order valence-corrected chi connectivity index (χ1v) is 10.5. The number of nitrogens with zero attached hydrogens (tertiary/aromatic N) is 3. The van der Waals surface area contributed by atoms with Crippen LogP contribution in [0.15, 0.2) is 47.3 Å². The van der Waals surface area contributed by atoms with Gasteiger partial charge in [0.1, 0.15) is 16.7 Å². The van der Waals surface area contributed by atoms with E-state index in [9.17, 15) is 9.59 Å². The fraction of sp³-hybridized carbons (Fsp3) is 0.263. The van der Waals surface area contributed by atoms with E-state index in [1.54, 1.807) is 52.0 Å². The van der Waals surface area contributed by atoms with E-state index < -0.39 is 6.04 Å². The van der Waals surface area contributed by atoms with Crippen molar-refractivity contribution in [1.82, 2.24) is 20.2 Å². The minimum absolute atomic E-state index is 0.137. The molecular weight excluding hydrogens is 380 g/mol. The maximum absolute atomic E-state index is 12.7. The van der Waals surface area contributed by atoms with Crippen molar-refractivity contribution in [2.75, 3.05) is 6.54 Å². The third-order valence-corrected chi connectivity index (χ3v) is 6.36. The molecule has 8 heteroatoms. The van der Waals surface area contributed by atoms with Crippen molar-refractivity contribution in [3.8, 4) is 9.88 Å². The molecule has 0 aromatic carbocycles. The quantitative estimate of drug-likeness (QED) is 0.716. The van der Waals surface area contributed by atoms with Gasteiger partial charge in [0.05, 0.1) is 17.1 Å². The molecular formula is C19H18N4O2S2. The molecule has 2 amide bonds. The Kier molecular flexibility index (Phi) is 5.26. The highest BCUT2D eigenvalue weighted by molar-refractivity contribution is 7.20. The fourth-order valence-electron chi connectivity index (χ4n) is 3.12. The summed E-state index contributed by atoms with van der Waals surface area (Å²) in [5, 5.41) is 7.87. The number of carbonyl (C=O) groups is 2. The zero-order chi connectivity index (χ0) is 18.6. The van der Waals surface area contributed by atoms with E-state index in [-0.39, 0.29) is 11.8 Å². The third-order valence-electron chi connectivity index (χ3n) is 4.43. The average Bonchev–Trinajstić information content (AvgIpc) is 3.47. The second-order valence-electron chi connectivity index (χ2n) is 6.21. The minimum Gasteiger partial charge on any atom is -0.349 e. The Morgan fingerprint density at radius 2 is 2.15 bits per heavy atom. The molecule has 1 aliphatic heterocycles. The van der Waals surface area contributed by atoms with Crippen molar-refractivity contribution in [3.63, 3.8) is 0 Å². The van der Waals surface area contributed by atoms with Crippen LogP contribution in [-0.2, 0) is 11.3 Å². The van der Waals surface area contributed by atoms with Gasteiger partial charge in [0.2, 0.25) is 5.91 Å². The number of thiophene rings is 1. The van der Waals surface area contributed by atoms with Crippen molar-refractivity contribution >= 4 is 34.5 Å². The SMILES string of the molecule is O=C(NCc1csc(-c2cccs2)n1)C1CCCN1C(=O)c1ccccn1. The van der Waals surface area contributed by atoms with Crippen LogP contribution in [0.5, 0.6) is 0 Å². The molecule has 1 atom stereocenters. The maximum atomic E-state index is 12.7. The molecule has 1 fully saturated rings. The lowest BCUT2D eigenvalue weighted by Crippen LogP contribution is -2.46. The van der Waals surface area contributed by atoms with Crippen LogP contribution in [0.2, 0.25) is 0 Å². The van der Waals surface area contributed by atoms with Crippen LogP contribution in [0.4, 0.5) is 0 Å². The summed E-state index contributed by atoms with van der Waals surface area (Å²) in [6.07, 6.45) is 3.07. The van der Waals surface area contributed by atoms with Crippen molar-refractivity contribution in [3.05, 3.63) is 58.7 Å². The van der Waals surface area contributed by atoms with Gasteiger partial charge in [-0.25, -0.2) is 4.98 Å². The van der Waals surface area contributed by atoms with Crippen molar-refractivity contribution < 1.29 is 9.59 Å². The summed E-state index contributed by atoms with van der Waals surface area (Å²) in [6.45, 7) is 0.940. The van der Waals surface area contributed by atoms with Gasteiger partial charge in [-0.1, -0.05) is 12.1 Å². The molecule has 1 N–H and O–H groups in total. The van der Waals surface area contributed by atoms with E-state index in [1.807, 2.05) is 22.9 Å². The summed E-state index contributed by atoms with van der Waals surface area (Å²) in [4.78, 5) is 36.7. The normalized spacial score (nSPS) is 16.4. The number of aromatic nitrogens is 2. The number of hydrogen-bond acceptors (Lipinski definition) is 6. The monoisotopic (exact) mass is 398 g/mol. The van der Waals surface area contributed by atoms with Crippen molar-refractivity contribution in [2.24, 2.45) is 0 Å². The van der Waals surface area contributed by atoms with Crippen LogP contribution in [0, 0.1) is 0 Å². The van der Waals surface area contributed by atoms with E-state index in [0.29, 0.717) is 25.2 Å². The lowest BCUT2D eigenvalue weighted by Gasteiger charge is -2.23. The van der Waals surface area contributed by atoms with Gasteiger partial charge in [-0.3, -0.25) is 14.6 Å². The summed E-state index contributed by atoms with van der Waals surface area (Å²) in [7, 11) is 0. The zero-order valence-electron chi connectivity index (χ0n) is 14.5. The lowest BCUT2D eigenvalue weighted by molar-refractivity contribution is -0.125. The first-order valence-electron chi connectivity index (χ1n) is 8.70. The number of thiazole rings is 1. The minimum atomic E-state index is -0.449. The largest absolute Gasteiger partial charge is 0.349 e. The molecule has 4 heterocycles. The summed E-state index contributed by atoms with van der Waals surface area (Å²) in [5.74, 6) is -0.329. The second kappa shape index (κ2) is 7.98. The Balaban J connectivity index is 1.38. The van der Waals surface area contributed by atoms with Gasteiger partial charge in [0.15, 0.2) is 0 Å². The number of hydrogen-bond donors (Lipinski definition) is 1. The van der Waals surface area contributed by atoms with Crippen LogP contribution >= 0.6 is 22.7 Å². The van der Waals surface area contributed by atoms with Gasteiger partial charge in [-0.05, 0) is 36.4 Å². The number of carbonyl (C=O) groups excluding carboxylic acids is 2. The van der Waals surface area contributed by atoms with Crippen LogP contribution in [-0.4, -0.2) is 39.3 Å². The average molecular weight is 399 g/mol. The van der Waals surface area contributed by atoms with Crippen molar-refractivity contribution in [1.29, 1.82) is 0 Å². The summed E-state index contributed by atoms with van der Waals surface area (Å²) >= 11 is 3.22. The highest BCUT2D eigenvalue weighted by atomic mass is 32.1. The topological polar surface area (TPSA) is 75.2 Å². The molecule has 0 spiro atoms. The predicted octanol–water partition coefficient (Wildman–Crippen LogP) is 3.19. The van der Waals surface area contributed by atoms with Gasteiger partial charge < -0.3 is 10.2 Å². The van der Waals surface area contributed by atoms with E-state index >= 15 is 0 Å². The smallest absolute Gasteiger partial charge is 0.273 e. The number of pyridine rings is 1. The standard InChI is InChI=1S/C19H18N4O2S2/c24-17(21-11-13-12-27-18(22-13)16-7-4-10-26-16)15-6-3-9-23(15)19(25)14-5-1-2-8-20-14/h1-2,4-5,7-8,10,12,15H,3,6,9,11H2,(H,21,24). The number of likely N-dealkylation sites (tertiary alicyclic amines) is 1. The zero-order valence-corrected chi connectivity index (χ0v) is 16.1. The predicted molar refractivity (Wildman–Crippen MR) is 106 cm³/mol. The van der Waals surface area contributed by atoms with E-state index in [1.165, 1.54) is 0 Å². The molecule has 1 unspecified atom stereocenters. The molecule has 27 heavy (non-hydrogen) atoms. The number of nitrogens with one attached hydrogen (secondary N) is 1. The second-order valence-corrected chi connectivity index (χ2v) is 8.02. The maximum Gasteiger partial charge on any atom is 0.273 e. The van der Waals surface area contributed by atoms with Crippen LogP contribution in [0.3, 0.4) is 0 Å². The van der Waals surface area contributed by atoms with Crippen LogP contribution in [0.25, 0.3) is 9.88 Å². The molecule has 0 radical (unpaired) electrons. The molecule has 0 saturated carbocycles. The van der Waals surface area contributed by atoms with Gasteiger partial charge in [0, 0.05) is 18.1 Å². The van der Waals surface area contributed by atoms with Gasteiger partial charge in [-0.15, -0.1) is 22.7 Å².